The summed E-state index contributed by atoms with van der Waals surface area (Å²) in [6.07, 6.45) is 2.36. The number of benzene rings is 1. The molecule has 4 nitrogen and oxygen atoms in total. The zero-order valence-corrected chi connectivity index (χ0v) is 10.9. The van der Waals surface area contributed by atoms with Gasteiger partial charge in [-0.25, -0.2) is 8.78 Å². The summed E-state index contributed by atoms with van der Waals surface area (Å²) < 4.78 is 33.6. The lowest BCUT2D eigenvalue weighted by atomic mass is 9.97. The maximum atomic E-state index is 14.2. The second kappa shape index (κ2) is 5.21. The van der Waals surface area contributed by atoms with Gasteiger partial charge in [0.05, 0.1) is 6.61 Å². The molecule has 3 N–H and O–H groups in total. The van der Waals surface area contributed by atoms with E-state index in [1.165, 1.54) is 0 Å². The van der Waals surface area contributed by atoms with Crippen LogP contribution in [0.1, 0.15) is 17.5 Å². The average molecular weight is 282 g/mol. The van der Waals surface area contributed by atoms with Crippen molar-refractivity contribution in [3.63, 3.8) is 0 Å². The van der Waals surface area contributed by atoms with Gasteiger partial charge in [0, 0.05) is 24.2 Å². The van der Waals surface area contributed by atoms with E-state index in [9.17, 15) is 13.9 Å². The summed E-state index contributed by atoms with van der Waals surface area (Å²) in [4.78, 5) is 0. The molecule has 108 valence electrons. The predicted molar refractivity (Wildman–Crippen MR) is 69.7 cm³/mol. The Morgan fingerprint density at radius 1 is 1.20 bits per heavy atom. The van der Waals surface area contributed by atoms with Crippen LogP contribution < -0.4 is 10.6 Å². The molecular weight excluding hydrogens is 266 g/mol. The van der Waals surface area contributed by atoms with Crippen molar-refractivity contribution in [3.05, 3.63) is 41.0 Å². The van der Waals surface area contributed by atoms with E-state index in [0.717, 1.165) is 12.1 Å². The largest absolute Gasteiger partial charge is 0.350 e. The van der Waals surface area contributed by atoms with Gasteiger partial charge < -0.3 is 15.2 Å². The Hall–Kier alpha value is -1.34. The van der Waals surface area contributed by atoms with Gasteiger partial charge in [-0.2, -0.15) is 0 Å². The number of nitrogens with one attached hydrogen (secondary N) is 2. The smallest absolute Gasteiger partial charge is 0.253 e. The summed E-state index contributed by atoms with van der Waals surface area (Å²) in [5.74, 6) is -3.17. The molecule has 1 saturated heterocycles. The number of ether oxygens (including phenoxy) is 1. The molecule has 2 heterocycles. The number of halogens is 2. The fraction of sp³-hybridized carbons (Fsp3) is 0.429. The third kappa shape index (κ3) is 2.35. The van der Waals surface area contributed by atoms with E-state index in [1.807, 2.05) is 0 Å². The van der Waals surface area contributed by atoms with Crippen molar-refractivity contribution >= 4 is 5.57 Å². The Labute approximate surface area is 115 Å². The second-order valence-electron chi connectivity index (χ2n) is 4.92. The summed E-state index contributed by atoms with van der Waals surface area (Å²) >= 11 is 0. The van der Waals surface area contributed by atoms with Crippen molar-refractivity contribution in [1.82, 2.24) is 10.6 Å². The first-order chi connectivity index (χ1) is 9.60. The van der Waals surface area contributed by atoms with E-state index in [2.05, 4.69) is 10.6 Å². The molecular formula is C14H16F2N2O2. The Kier molecular flexibility index (Phi) is 3.55. The Bertz CT molecular complexity index is 531. The van der Waals surface area contributed by atoms with Crippen LogP contribution in [0.3, 0.4) is 0 Å². The molecule has 0 spiro atoms. The maximum Gasteiger partial charge on any atom is 0.253 e. The van der Waals surface area contributed by atoms with Crippen LogP contribution in [-0.4, -0.2) is 31.3 Å². The van der Waals surface area contributed by atoms with Gasteiger partial charge in [0.1, 0.15) is 11.6 Å². The quantitative estimate of drug-likeness (QED) is 0.759. The minimum atomic E-state index is -1.80. The van der Waals surface area contributed by atoms with E-state index in [0.29, 0.717) is 31.6 Å². The summed E-state index contributed by atoms with van der Waals surface area (Å²) in [5, 5.41) is 15.9. The lowest BCUT2D eigenvalue weighted by molar-refractivity contribution is -0.194. The molecule has 2 aliphatic heterocycles. The molecule has 0 bridgehead atoms. The van der Waals surface area contributed by atoms with Gasteiger partial charge in [0.2, 0.25) is 0 Å². The Morgan fingerprint density at radius 3 is 2.50 bits per heavy atom. The molecule has 1 aromatic carbocycles. The van der Waals surface area contributed by atoms with Crippen molar-refractivity contribution in [3.8, 4) is 0 Å². The molecule has 0 amide bonds. The topological polar surface area (TPSA) is 53.5 Å². The Balaban J connectivity index is 2.00. The highest BCUT2D eigenvalue weighted by Gasteiger charge is 2.35. The average Bonchev–Trinajstić information content (AvgIpc) is 2.87. The molecule has 1 unspecified atom stereocenters. The normalized spacial score (nSPS) is 26.6. The van der Waals surface area contributed by atoms with Crippen molar-refractivity contribution in [2.75, 3.05) is 26.2 Å². The van der Waals surface area contributed by atoms with E-state index in [-0.39, 0.29) is 17.7 Å². The van der Waals surface area contributed by atoms with Gasteiger partial charge in [-0.05, 0) is 30.7 Å². The van der Waals surface area contributed by atoms with Gasteiger partial charge in [0.15, 0.2) is 0 Å². The van der Waals surface area contributed by atoms with Gasteiger partial charge in [-0.1, -0.05) is 6.08 Å². The summed E-state index contributed by atoms with van der Waals surface area (Å²) in [6.45, 7) is 2.02. The van der Waals surface area contributed by atoms with Crippen molar-refractivity contribution in [2.45, 2.75) is 12.3 Å². The molecule has 2 aliphatic rings. The number of aliphatic hydroxyl groups is 1. The zero-order valence-electron chi connectivity index (χ0n) is 10.9. The van der Waals surface area contributed by atoms with Gasteiger partial charge >= 0.3 is 0 Å². The van der Waals surface area contributed by atoms with Crippen LogP contribution in [0, 0.1) is 11.6 Å². The van der Waals surface area contributed by atoms with Gasteiger partial charge in [0.25, 0.3) is 5.91 Å². The molecule has 0 radical (unpaired) electrons. The van der Waals surface area contributed by atoms with Crippen LogP contribution in [0.2, 0.25) is 0 Å². The van der Waals surface area contributed by atoms with Crippen molar-refractivity contribution in [2.24, 2.45) is 0 Å². The molecule has 3 rings (SSSR count). The van der Waals surface area contributed by atoms with E-state index in [4.69, 9.17) is 4.74 Å². The van der Waals surface area contributed by atoms with Crippen LogP contribution in [0.15, 0.2) is 18.2 Å². The lowest BCUT2D eigenvalue weighted by Crippen LogP contribution is -2.38. The highest BCUT2D eigenvalue weighted by atomic mass is 19.1. The molecule has 20 heavy (non-hydrogen) atoms. The first-order valence-corrected chi connectivity index (χ1v) is 6.61. The highest BCUT2D eigenvalue weighted by molar-refractivity contribution is 5.68. The van der Waals surface area contributed by atoms with Crippen LogP contribution in [-0.2, 0) is 10.6 Å². The predicted octanol–water partition coefficient (Wildman–Crippen LogP) is 1.06. The first-order valence-electron chi connectivity index (χ1n) is 6.61. The third-order valence-electron chi connectivity index (χ3n) is 3.60. The standard InChI is InChI=1S/C14H16F2N2O2/c15-11-7-10(14(19)18-5-6-20-14)8-12(16)13(11)9-1-3-17-4-2-9/h1,7-8,17-19H,2-6H2. The molecule has 1 atom stereocenters. The molecule has 0 saturated carbocycles. The van der Waals surface area contributed by atoms with Crippen LogP contribution in [0.4, 0.5) is 8.78 Å². The number of hydrogen-bond acceptors (Lipinski definition) is 4. The molecule has 0 aliphatic carbocycles. The number of rotatable bonds is 2. The van der Waals surface area contributed by atoms with E-state index >= 15 is 0 Å². The minimum absolute atomic E-state index is 0.0168. The van der Waals surface area contributed by atoms with Gasteiger partial charge in [-0.3, -0.25) is 5.32 Å². The molecule has 1 fully saturated rings. The fourth-order valence-corrected chi connectivity index (χ4v) is 2.58. The van der Waals surface area contributed by atoms with E-state index in [1.54, 1.807) is 6.08 Å². The molecule has 6 heteroatoms. The van der Waals surface area contributed by atoms with E-state index < -0.39 is 17.5 Å². The third-order valence-corrected chi connectivity index (χ3v) is 3.60. The monoisotopic (exact) mass is 282 g/mol. The Morgan fingerprint density at radius 2 is 1.95 bits per heavy atom. The fourth-order valence-electron chi connectivity index (χ4n) is 2.58. The summed E-state index contributed by atoms with van der Waals surface area (Å²) in [7, 11) is 0. The minimum Gasteiger partial charge on any atom is -0.350 e. The highest BCUT2D eigenvalue weighted by Crippen LogP contribution is 2.31. The lowest BCUT2D eigenvalue weighted by Gasteiger charge is -2.23. The van der Waals surface area contributed by atoms with Crippen LogP contribution in [0.5, 0.6) is 0 Å². The van der Waals surface area contributed by atoms with Gasteiger partial charge in [-0.15, -0.1) is 0 Å². The SMILES string of the molecule is OC1(c2cc(F)c(C3=CCNCC3)c(F)c2)NCCO1. The molecule has 0 aromatic heterocycles. The van der Waals surface area contributed by atoms with Crippen LogP contribution >= 0.6 is 0 Å². The van der Waals surface area contributed by atoms with Crippen molar-refractivity contribution in [1.29, 1.82) is 0 Å². The second-order valence-corrected chi connectivity index (χ2v) is 4.92. The summed E-state index contributed by atoms with van der Waals surface area (Å²) in [5.41, 5.74) is 0.678. The maximum absolute atomic E-state index is 14.2. The van der Waals surface area contributed by atoms with Crippen molar-refractivity contribution < 1.29 is 18.6 Å². The first kappa shape index (κ1) is 13.6. The number of hydrogen-bond donors (Lipinski definition) is 3. The zero-order chi connectivity index (χ0) is 14.2. The molecule has 1 aromatic rings. The van der Waals surface area contributed by atoms with Crippen LogP contribution in [0.25, 0.3) is 5.57 Å². The summed E-state index contributed by atoms with van der Waals surface area (Å²) in [6, 6.07) is 2.25.